The SMILES string of the molecule is CCC(=C(O)O)C(CC)c1cc(OC)c(OC)c(OC)c1. The molecule has 0 spiro atoms. The second-order valence-electron chi connectivity index (χ2n) is 4.62. The fourth-order valence-electron chi connectivity index (χ4n) is 2.55. The molecule has 118 valence electrons. The van der Waals surface area contributed by atoms with Crippen LogP contribution in [0.2, 0.25) is 0 Å². The van der Waals surface area contributed by atoms with Crippen molar-refractivity contribution in [2.75, 3.05) is 21.3 Å². The molecule has 0 saturated carbocycles. The van der Waals surface area contributed by atoms with E-state index in [1.54, 1.807) is 21.3 Å². The summed E-state index contributed by atoms with van der Waals surface area (Å²) < 4.78 is 16.0. The van der Waals surface area contributed by atoms with Crippen molar-refractivity contribution >= 4 is 0 Å². The zero-order valence-corrected chi connectivity index (χ0v) is 13.3. The number of hydrogen-bond donors (Lipinski definition) is 2. The van der Waals surface area contributed by atoms with Gasteiger partial charge in [0.2, 0.25) is 5.75 Å². The molecule has 0 radical (unpaired) electrons. The monoisotopic (exact) mass is 296 g/mol. The zero-order valence-electron chi connectivity index (χ0n) is 13.3. The molecule has 0 saturated heterocycles. The van der Waals surface area contributed by atoms with Crippen molar-refractivity contribution in [2.45, 2.75) is 32.6 Å². The van der Waals surface area contributed by atoms with E-state index in [0.29, 0.717) is 29.2 Å². The summed E-state index contributed by atoms with van der Waals surface area (Å²) >= 11 is 0. The fraction of sp³-hybridized carbons (Fsp3) is 0.500. The summed E-state index contributed by atoms with van der Waals surface area (Å²) in [5.74, 6) is 0.900. The number of aliphatic hydroxyl groups is 2. The van der Waals surface area contributed by atoms with E-state index in [2.05, 4.69) is 0 Å². The number of ether oxygens (including phenoxy) is 3. The van der Waals surface area contributed by atoms with Gasteiger partial charge in [-0.05, 0) is 30.5 Å². The Morgan fingerprint density at radius 3 is 1.81 bits per heavy atom. The average Bonchev–Trinajstić information content (AvgIpc) is 2.50. The Balaban J connectivity index is 3.44. The lowest BCUT2D eigenvalue weighted by Gasteiger charge is -2.21. The first kappa shape index (κ1) is 17.0. The molecule has 21 heavy (non-hydrogen) atoms. The maximum atomic E-state index is 9.48. The molecular weight excluding hydrogens is 272 g/mol. The van der Waals surface area contributed by atoms with E-state index < -0.39 is 5.95 Å². The van der Waals surface area contributed by atoms with Crippen LogP contribution >= 0.6 is 0 Å². The number of hydrogen-bond acceptors (Lipinski definition) is 5. The van der Waals surface area contributed by atoms with E-state index in [9.17, 15) is 10.2 Å². The first-order chi connectivity index (χ1) is 10.0. The fourth-order valence-corrected chi connectivity index (χ4v) is 2.55. The summed E-state index contributed by atoms with van der Waals surface area (Å²) in [5, 5.41) is 19.0. The highest BCUT2D eigenvalue weighted by Gasteiger charge is 2.22. The van der Waals surface area contributed by atoms with Crippen molar-refractivity contribution in [1.29, 1.82) is 0 Å². The lowest BCUT2D eigenvalue weighted by Crippen LogP contribution is -2.06. The Hall–Kier alpha value is -2.04. The Morgan fingerprint density at radius 1 is 1.00 bits per heavy atom. The quantitative estimate of drug-likeness (QED) is 0.746. The van der Waals surface area contributed by atoms with Gasteiger partial charge in [-0.2, -0.15) is 0 Å². The summed E-state index contributed by atoms with van der Waals surface area (Å²) in [4.78, 5) is 0. The van der Waals surface area contributed by atoms with E-state index in [1.807, 2.05) is 26.0 Å². The Labute approximate surface area is 125 Å². The topological polar surface area (TPSA) is 68.2 Å². The van der Waals surface area contributed by atoms with Crippen LogP contribution in [-0.4, -0.2) is 31.5 Å². The second-order valence-corrected chi connectivity index (χ2v) is 4.62. The molecule has 1 aromatic carbocycles. The Bertz CT molecular complexity index is 478. The predicted octanol–water partition coefficient (Wildman–Crippen LogP) is 3.94. The minimum absolute atomic E-state index is 0.117. The predicted molar refractivity (Wildman–Crippen MR) is 81.7 cm³/mol. The van der Waals surface area contributed by atoms with E-state index in [-0.39, 0.29) is 5.92 Å². The number of benzene rings is 1. The maximum Gasteiger partial charge on any atom is 0.273 e. The van der Waals surface area contributed by atoms with Crippen LogP contribution in [0.1, 0.15) is 38.2 Å². The van der Waals surface area contributed by atoms with E-state index in [4.69, 9.17) is 14.2 Å². The second kappa shape index (κ2) is 7.67. The first-order valence-corrected chi connectivity index (χ1v) is 6.94. The van der Waals surface area contributed by atoms with Crippen LogP contribution in [0.3, 0.4) is 0 Å². The summed E-state index contributed by atoms with van der Waals surface area (Å²) in [7, 11) is 4.67. The molecule has 0 fully saturated rings. The minimum Gasteiger partial charge on any atom is -0.493 e. The van der Waals surface area contributed by atoms with Crippen molar-refractivity contribution in [2.24, 2.45) is 0 Å². The molecule has 0 aliphatic carbocycles. The molecule has 0 aliphatic heterocycles. The van der Waals surface area contributed by atoms with Crippen molar-refractivity contribution < 1.29 is 24.4 Å². The van der Waals surface area contributed by atoms with Crippen molar-refractivity contribution in [3.05, 3.63) is 29.2 Å². The molecule has 0 bridgehead atoms. The lowest BCUT2D eigenvalue weighted by molar-refractivity contribution is 0.180. The third-order valence-electron chi connectivity index (χ3n) is 3.59. The van der Waals surface area contributed by atoms with E-state index >= 15 is 0 Å². The van der Waals surface area contributed by atoms with Gasteiger partial charge in [-0.25, -0.2) is 0 Å². The largest absolute Gasteiger partial charge is 0.493 e. The van der Waals surface area contributed by atoms with Crippen LogP contribution in [0.25, 0.3) is 0 Å². The molecule has 1 rings (SSSR count). The van der Waals surface area contributed by atoms with Gasteiger partial charge in [-0.1, -0.05) is 13.8 Å². The van der Waals surface area contributed by atoms with Crippen molar-refractivity contribution in [1.82, 2.24) is 0 Å². The third-order valence-corrected chi connectivity index (χ3v) is 3.59. The van der Waals surface area contributed by atoms with Gasteiger partial charge >= 0.3 is 0 Å². The molecule has 2 N–H and O–H groups in total. The molecule has 5 heteroatoms. The Morgan fingerprint density at radius 2 is 1.52 bits per heavy atom. The van der Waals surface area contributed by atoms with Crippen LogP contribution in [0, 0.1) is 0 Å². The summed E-state index contributed by atoms with van der Waals surface area (Å²) in [5.41, 5.74) is 1.48. The maximum absolute atomic E-state index is 9.48. The molecule has 0 aromatic heterocycles. The smallest absolute Gasteiger partial charge is 0.273 e. The first-order valence-electron chi connectivity index (χ1n) is 6.94. The zero-order chi connectivity index (χ0) is 16.0. The summed E-state index contributed by atoms with van der Waals surface area (Å²) in [6.45, 7) is 3.88. The minimum atomic E-state index is -0.613. The van der Waals surface area contributed by atoms with Crippen LogP contribution in [0.15, 0.2) is 23.7 Å². The average molecular weight is 296 g/mol. The van der Waals surface area contributed by atoms with Gasteiger partial charge < -0.3 is 24.4 Å². The van der Waals surface area contributed by atoms with Gasteiger partial charge in [-0.15, -0.1) is 0 Å². The highest BCUT2D eigenvalue weighted by molar-refractivity contribution is 5.55. The number of aliphatic hydroxyl groups excluding tert-OH is 1. The van der Waals surface area contributed by atoms with Gasteiger partial charge in [0.25, 0.3) is 5.95 Å². The molecule has 1 unspecified atom stereocenters. The standard InChI is InChI=1S/C16H24O5/c1-6-11(12(7-2)16(17)18)10-8-13(19-3)15(21-5)14(9-10)20-4/h8-9,11,17-18H,6-7H2,1-5H3. The molecule has 1 aromatic rings. The van der Waals surface area contributed by atoms with E-state index in [0.717, 1.165) is 12.0 Å². The number of allylic oxidation sites excluding steroid dienone is 1. The highest BCUT2D eigenvalue weighted by Crippen LogP contribution is 2.42. The molecular formula is C16H24O5. The van der Waals surface area contributed by atoms with Gasteiger partial charge in [0.05, 0.1) is 21.3 Å². The number of methoxy groups -OCH3 is 3. The molecule has 0 amide bonds. The van der Waals surface area contributed by atoms with Gasteiger partial charge in [0.15, 0.2) is 11.5 Å². The summed E-state index contributed by atoms with van der Waals surface area (Å²) in [6, 6.07) is 3.68. The Kier molecular flexibility index (Phi) is 6.21. The molecule has 1 atom stereocenters. The van der Waals surface area contributed by atoms with Crippen molar-refractivity contribution in [3.63, 3.8) is 0 Å². The molecule has 0 heterocycles. The highest BCUT2D eigenvalue weighted by atomic mass is 16.5. The van der Waals surface area contributed by atoms with Crippen LogP contribution in [0.4, 0.5) is 0 Å². The van der Waals surface area contributed by atoms with Crippen LogP contribution < -0.4 is 14.2 Å². The summed E-state index contributed by atoms with van der Waals surface area (Å²) in [6.07, 6.45) is 1.28. The molecule has 5 nitrogen and oxygen atoms in total. The lowest BCUT2D eigenvalue weighted by atomic mass is 9.87. The van der Waals surface area contributed by atoms with Gasteiger partial charge in [-0.3, -0.25) is 0 Å². The van der Waals surface area contributed by atoms with Gasteiger partial charge in [0, 0.05) is 11.5 Å². The van der Waals surface area contributed by atoms with Crippen LogP contribution in [0.5, 0.6) is 17.2 Å². The van der Waals surface area contributed by atoms with Crippen LogP contribution in [-0.2, 0) is 0 Å². The van der Waals surface area contributed by atoms with Crippen molar-refractivity contribution in [3.8, 4) is 17.2 Å². The van der Waals surface area contributed by atoms with Gasteiger partial charge in [0.1, 0.15) is 0 Å². The molecule has 0 aliphatic rings. The third kappa shape index (κ3) is 3.54. The van der Waals surface area contributed by atoms with E-state index in [1.165, 1.54) is 0 Å². The normalized spacial score (nSPS) is 11.7. The number of rotatable bonds is 7.